The van der Waals surface area contributed by atoms with Crippen LogP contribution < -0.4 is 10.1 Å². The van der Waals surface area contributed by atoms with E-state index in [0.717, 1.165) is 24.1 Å². The molecule has 1 aromatic heterocycles. The lowest BCUT2D eigenvalue weighted by molar-refractivity contribution is -0.118. The first-order valence-electron chi connectivity index (χ1n) is 9.80. The van der Waals surface area contributed by atoms with Gasteiger partial charge in [-0.25, -0.2) is 4.98 Å². The number of fused-ring (bicyclic) bond motifs is 1. The zero-order chi connectivity index (χ0) is 19.3. The summed E-state index contributed by atoms with van der Waals surface area (Å²) in [6, 6.07) is 14.4. The maximum Gasteiger partial charge on any atom is 0.264 e. The van der Waals surface area contributed by atoms with Crippen LogP contribution >= 0.6 is 11.3 Å². The van der Waals surface area contributed by atoms with Crippen molar-refractivity contribution in [3.63, 3.8) is 0 Å². The number of anilines is 1. The molecule has 4 rings (SSSR count). The van der Waals surface area contributed by atoms with E-state index < -0.39 is 0 Å². The predicted molar refractivity (Wildman–Crippen MR) is 114 cm³/mol. The fraction of sp³-hybridized carbons (Fsp3) is 0.304. The summed E-state index contributed by atoms with van der Waals surface area (Å²) in [6.07, 6.45) is 5.85. The van der Waals surface area contributed by atoms with Gasteiger partial charge in [0.25, 0.3) is 5.91 Å². The number of amides is 1. The second kappa shape index (κ2) is 8.57. The van der Waals surface area contributed by atoms with E-state index in [9.17, 15) is 4.79 Å². The summed E-state index contributed by atoms with van der Waals surface area (Å²) in [7, 11) is 0. The summed E-state index contributed by atoms with van der Waals surface area (Å²) in [5.41, 5.74) is 6.16. The lowest BCUT2D eigenvalue weighted by Crippen LogP contribution is -2.20. The Morgan fingerprint density at radius 2 is 1.89 bits per heavy atom. The number of benzene rings is 2. The standard InChI is InChI=1S/C23H24N2O2S/c1-2-16-7-11-20(12-8-16)27-14-22(26)25-23-24-21(15-28-23)19-10-9-17-5-3-4-6-18(17)13-19/h7-13,15H,2-6,14H2,1H3,(H,24,25,26). The molecule has 1 N–H and O–H groups in total. The Hall–Kier alpha value is -2.66. The number of nitrogens with zero attached hydrogens (tertiary/aromatic N) is 1. The van der Waals surface area contributed by atoms with Crippen molar-refractivity contribution in [1.29, 1.82) is 0 Å². The third kappa shape index (κ3) is 4.42. The van der Waals surface area contributed by atoms with Gasteiger partial charge in [-0.05, 0) is 67.0 Å². The van der Waals surface area contributed by atoms with E-state index in [1.807, 2.05) is 29.6 Å². The minimum absolute atomic E-state index is 0.0285. The van der Waals surface area contributed by atoms with Gasteiger partial charge in [-0.15, -0.1) is 11.3 Å². The van der Waals surface area contributed by atoms with Gasteiger partial charge in [0.2, 0.25) is 0 Å². The van der Waals surface area contributed by atoms with Gasteiger partial charge in [0, 0.05) is 10.9 Å². The summed E-state index contributed by atoms with van der Waals surface area (Å²) >= 11 is 1.44. The molecule has 2 aromatic carbocycles. The van der Waals surface area contributed by atoms with Crippen molar-refractivity contribution in [1.82, 2.24) is 4.98 Å². The Kier molecular flexibility index (Phi) is 5.72. The van der Waals surface area contributed by atoms with Crippen molar-refractivity contribution in [2.24, 2.45) is 0 Å². The molecule has 1 aliphatic rings. The van der Waals surface area contributed by atoms with Crippen molar-refractivity contribution in [2.45, 2.75) is 39.0 Å². The Morgan fingerprint density at radius 3 is 2.68 bits per heavy atom. The van der Waals surface area contributed by atoms with E-state index in [1.54, 1.807) is 0 Å². The molecule has 0 radical (unpaired) electrons. The van der Waals surface area contributed by atoms with Gasteiger partial charge in [0.05, 0.1) is 5.69 Å². The Labute approximate surface area is 169 Å². The van der Waals surface area contributed by atoms with Crippen molar-refractivity contribution >= 4 is 22.4 Å². The molecule has 0 saturated heterocycles. The largest absolute Gasteiger partial charge is 0.484 e. The third-order valence-corrected chi connectivity index (χ3v) is 5.85. The number of hydrogen-bond donors (Lipinski definition) is 1. The molecule has 0 bridgehead atoms. The van der Waals surface area contributed by atoms with Crippen molar-refractivity contribution in [3.05, 3.63) is 64.5 Å². The first-order chi connectivity index (χ1) is 13.7. The first-order valence-corrected chi connectivity index (χ1v) is 10.7. The maximum absolute atomic E-state index is 12.2. The lowest BCUT2D eigenvalue weighted by atomic mass is 9.90. The van der Waals surface area contributed by atoms with Crippen LogP contribution in [0, 0.1) is 0 Å². The summed E-state index contributed by atoms with van der Waals surface area (Å²) in [4.78, 5) is 16.8. The minimum Gasteiger partial charge on any atom is -0.484 e. The molecule has 0 fully saturated rings. The molecule has 3 aromatic rings. The maximum atomic E-state index is 12.2. The number of nitrogens with one attached hydrogen (secondary N) is 1. The SMILES string of the molecule is CCc1ccc(OCC(=O)Nc2nc(-c3ccc4c(c3)CCCC4)cs2)cc1. The van der Waals surface area contributed by atoms with Gasteiger partial charge in [0.1, 0.15) is 5.75 Å². The normalized spacial score (nSPS) is 13.0. The van der Waals surface area contributed by atoms with Gasteiger partial charge >= 0.3 is 0 Å². The topological polar surface area (TPSA) is 51.2 Å². The number of ether oxygens (including phenoxy) is 1. The number of aromatic nitrogens is 1. The molecule has 0 aliphatic heterocycles. The molecule has 28 heavy (non-hydrogen) atoms. The molecular formula is C23H24N2O2S. The molecule has 0 saturated carbocycles. The van der Waals surface area contributed by atoms with E-state index in [4.69, 9.17) is 4.74 Å². The highest BCUT2D eigenvalue weighted by Crippen LogP contribution is 2.29. The number of aryl methyl sites for hydroxylation is 3. The molecular weight excluding hydrogens is 368 g/mol. The zero-order valence-electron chi connectivity index (χ0n) is 16.0. The molecule has 1 aliphatic carbocycles. The highest BCUT2D eigenvalue weighted by Gasteiger charge is 2.13. The van der Waals surface area contributed by atoms with Gasteiger partial charge in [-0.1, -0.05) is 31.2 Å². The van der Waals surface area contributed by atoms with E-state index in [2.05, 4.69) is 35.4 Å². The summed E-state index contributed by atoms with van der Waals surface area (Å²) in [6.45, 7) is 2.08. The van der Waals surface area contributed by atoms with E-state index >= 15 is 0 Å². The van der Waals surface area contributed by atoms with Crippen molar-refractivity contribution < 1.29 is 9.53 Å². The van der Waals surface area contributed by atoms with E-state index in [-0.39, 0.29) is 12.5 Å². The molecule has 0 unspecified atom stereocenters. The Bertz CT molecular complexity index is 963. The fourth-order valence-electron chi connectivity index (χ4n) is 3.48. The number of thiazole rings is 1. The summed E-state index contributed by atoms with van der Waals surface area (Å²) in [5, 5.41) is 5.42. The second-order valence-electron chi connectivity index (χ2n) is 7.06. The van der Waals surface area contributed by atoms with Crippen LogP contribution in [0.4, 0.5) is 5.13 Å². The molecule has 144 valence electrons. The quantitative estimate of drug-likeness (QED) is 0.622. The number of rotatable bonds is 6. The smallest absolute Gasteiger partial charge is 0.264 e. The summed E-state index contributed by atoms with van der Waals surface area (Å²) < 4.78 is 5.56. The lowest BCUT2D eigenvalue weighted by Gasteiger charge is -2.16. The fourth-order valence-corrected chi connectivity index (χ4v) is 4.22. The van der Waals surface area contributed by atoms with E-state index in [0.29, 0.717) is 10.9 Å². The summed E-state index contributed by atoms with van der Waals surface area (Å²) in [5.74, 6) is 0.493. The van der Waals surface area contributed by atoms with Gasteiger partial charge in [0.15, 0.2) is 11.7 Å². The van der Waals surface area contributed by atoms with Crippen LogP contribution in [0.15, 0.2) is 47.8 Å². The van der Waals surface area contributed by atoms with Crippen LogP contribution in [0.25, 0.3) is 11.3 Å². The molecule has 1 amide bonds. The van der Waals surface area contributed by atoms with Gasteiger partial charge in [-0.3, -0.25) is 10.1 Å². The van der Waals surface area contributed by atoms with Gasteiger partial charge in [-0.2, -0.15) is 0 Å². The van der Waals surface area contributed by atoms with E-state index in [1.165, 1.54) is 47.3 Å². The van der Waals surface area contributed by atoms with Gasteiger partial charge < -0.3 is 4.74 Å². The molecule has 1 heterocycles. The van der Waals surface area contributed by atoms with Crippen LogP contribution in [-0.4, -0.2) is 17.5 Å². The van der Waals surface area contributed by atoms with Crippen LogP contribution in [-0.2, 0) is 24.1 Å². The zero-order valence-corrected chi connectivity index (χ0v) is 16.8. The predicted octanol–water partition coefficient (Wildman–Crippen LogP) is 5.27. The number of hydrogen-bond acceptors (Lipinski definition) is 4. The van der Waals surface area contributed by atoms with Crippen molar-refractivity contribution in [3.8, 4) is 17.0 Å². The van der Waals surface area contributed by atoms with Crippen LogP contribution in [0.5, 0.6) is 5.75 Å². The van der Waals surface area contributed by atoms with Crippen molar-refractivity contribution in [2.75, 3.05) is 11.9 Å². The number of carbonyl (C=O) groups is 1. The second-order valence-corrected chi connectivity index (χ2v) is 7.92. The molecule has 4 nitrogen and oxygen atoms in total. The highest BCUT2D eigenvalue weighted by atomic mass is 32.1. The molecule has 0 atom stereocenters. The average molecular weight is 393 g/mol. The molecule has 0 spiro atoms. The minimum atomic E-state index is -0.203. The van der Waals surface area contributed by atoms with Crippen LogP contribution in [0.1, 0.15) is 36.5 Å². The van der Waals surface area contributed by atoms with Crippen LogP contribution in [0.2, 0.25) is 0 Å². The number of carbonyl (C=O) groups excluding carboxylic acids is 1. The molecule has 5 heteroatoms. The monoisotopic (exact) mass is 392 g/mol. The third-order valence-electron chi connectivity index (χ3n) is 5.10. The Morgan fingerprint density at radius 1 is 1.11 bits per heavy atom. The average Bonchev–Trinajstić information content (AvgIpc) is 3.20. The highest BCUT2D eigenvalue weighted by molar-refractivity contribution is 7.14. The first kappa shape index (κ1) is 18.7. The Balaban J connectivity index is 1.35. The van der Waals surface area contributed by atoms with Crippen LogP contribution in [0.3, 0.4) is 0 Å².